The van der Waals surface area contributed by atoms with Crippen LogP contribution in [0.1, 0.15) is 61.8 Å². The van der Waals surface area contributed by atoms with Crippen LogP contribution in [0.15, 0.2) is 0 Å². The van der Waals surface area contributed by atoms with Crippen molar-refractivity contribution in [2.24, 2.45) is 23.7 Å². The normalized spacial score (nSPS) is 16.3. The lowest BCUT2D eigenvalue weighted by Gasteiger charge is -2.35. The monoisotopic (exact) mass is 458 g/mol. The third-order valence-corrected chi connectivity index (χ3v) is 5.82. The fourth-order valence-electron chi connectivity index (χ4n) is 3.53. The van der Waals surface area contributed by atoms with Crippen molar-refractivity contribution in [2.75, 3.05) is 14.1 Å². The fraction of sp³-hybridized carbons (Fsp3) is 0.826. The number of carboxylic acids is 1. The second-order valence-corrected chi connectivity index (χ2v) is 9.55. The summed E-state index contributed by atoms with van der Waals surface area (Å²) in [4.78, 5) is 52.9. The summed E-state index contributed by atoms with van der Waals surface area (Å²) in [7, 11) is 2.81. The minimum Gasteiger partial charge on any atom is -0.480 e. The standard InChI is InChI=1S/C23H42N2O7/c1-11-15(8)17(25(10)20(27)18(26)13(4)5)23(31)32-19(14(6)7)21(28)24(9)16(12(2)3)22(29)30/h12-19,26H,11H2,1-10H3,(H,29,30)/t15?,16-,17+,18+,19+/m0/s1. The van der Waals surface area contributed by atoms with Gasteiger partial charge in [-0.25, -0.2) is 9.59 Å². The van der Waals surface area contributed by atoms with Crippen molar-refractivity contribution in [3.8, 4) is 0 Å². The van der Waals surface area contributed by atoms with Crippen LogP contribution in [-0.2, 0) is 23.9 Å². The first-order valence-corrected chi connectivity index (χ1v) is 11.2. The molecule has 0 aromatic rings. The summed E-state index contributed by atoms with van der Waals surface area (Å²) in [5.41, 5.74) is 0. The summed E-state index contributed by atoms with van der Waals surface area (Å²) < 4.78 is 5.60. The van der Waals surface area contributed by atoms with E-state index >= 15 is 0 Å². The quantitative estimate of drug-likeness (QED) is 0.429. The topological polar surface area (TPSA) is 124 Å². The predicted octanol–water partition coefficient (Wildman–Crippen LogP) is 2.01. The van der Waals surface area contributed by atoms with Gasteiger partial charge in [-0.05, 0) is 23.7 Å². The van der Waals surface area contributed by atoms with E-state index in [0.717, 1.165) is 4.90 Å². The van der Waals surface area contributed by atoms with E-state index in [-0.39, 0.29) is 17.8 Å². The largest absolute Gasteiger partial charge is 0.480 e. The number of nitrogens with zero attached hydrogens (tertiary/aromatic N) is 2. The number of carbonyl (C=O) groups excluding carboxylic acids is 3. The Hall–Kier alpha value is -2.16. The van der Waals surface area contributed by atoms with Crippen LogP contribution in [0.5, 0.6) is 0 Å². The highest BCUT2D eigenvalue weighted by Crippen LogP contribution is 2.22. The van der Waals surface area contributed by atoms with Crippen molar-refractivity contribution in [3.05, 3.63) is 0 Å². The number of hydrogen-bond acceptors (Lipinski definition) is 6. The Balaban J connectivity index is 5.89. The van der Waals surface area contributed by atoms with Gasteiger partial charge in [-0.3, -0.25) is 9.59 Å². The molecule has 0 aromatic heterocycles. The van der Waals surface area contributed by atoms with Crippen molar-refractivity contribution >= 4 is 23.8 Å². The van der Waals surface area contributed by atoms with Crippen molar-refractivity contribution in [3.63, 3.8) is 0 Å². The first-order chi connectivity index (χ1) is 14.6. The molecule has 1 unspecified atom stereocenters. The number of amides is 2. The van der Waals surface area contributed by atoms with Crippen LogP contribution in [0.4, 0.5) is 0 Å². The zero-order valence-electron chi connectivity index (χ0n) is 21.2. The average Bonchev–Trinajstić information content (AvgIpc) is 2.68. The Morgan fingerprint density at radius 3 is 1.59 bits per heavy atom. The molecule has 0 spiro atoms. The van der Waals surface area contributed by atoms with Crippen LogP contribution in [0.3, 0.4) is 0 Å². The molecule has 0 fully saturated rings. The van der Waals surface area contributed by atoms with E-state index in [2.05, 4.69) is 0 Å². The molecule has 186 valence electrons. The highest BCUT2D eigenvalue weighted by molar-refractivity contribution is 5.90. The molecule has 0 aliphatic rings. The third kappa shape index (κ3) is 7.46. The zero-order chi connectivity index (χ0) is 25.5. The summed E-state index contributed by atoms with van der Waals surface area (Å²) in [6.07, 6.45) is -1.92. The van der Waals surface area contributed by atoms with E-state index < -0.39 is 54.0 Å². The van der Waals surface area contributed by atoms with E-state index in [0.29, 0.717) is 6.42 Å². The maximum absolute atomic E-state index is 13.2. The lowest BCUT2D eigenvalue weighted by Crippen LogP contribution is -2.55. The number of rotatable bonds is 12. The minimum atomic E-state index is -1.27. The maximum atomic E-state index is 13.2. The molecule has 2 N–H and O–H groups in total. The Labute approximate surface area is 192 Å². The van der Waals surface area contributed by atoms with Gasteiger partial charge < -0.3 is 24.7 Å². The second-order valence-electron chi connectivity index (χ2n) is 9.55. The number of esters is 1. The molecule has 0 saturated heterocycles. The van der Waals surface area contributed by atoms with Crippen LogP contribution in [0, 0.1) is 23.7 Å². The van der Waals surface area contributed by atoms with Gasteiger partial charge in [-0.1, -0.05) is 61.8 Å². The first-order valence-electron chi connectivity index (χ1n) is 11.2. The van der Waals surface area contributed by atoms with Gasteiger partial charge in [0, 0.05) is 14.1 Å². The average molecular weight is 459 g/mol. The van der Waals surface area contributed by atoms with Crippen LogP contribution >= 0.6 is 0 Å². The molecule has 2 amide bonds. The maximum Gasteiger partial charge on any atom is 0.329 e. The molecule has 9 heteroatoms. The van der Waals surface area contributed by atoms with E-state index in [1.54, 1.807) is 48.5 Å². The summed E-state index contributed by atoms with van der Waals surface area (Å²) in [6, 6.07) is -2.07. The van der Waals surface area contributed by atoms with Gasteiger partial charge in [0.2, 0.25) is 0 Å². The number of aliphatic hydroxyl groups is 1. The van der Waals surface area contributed by atoms with Crippen molar-refractivity contribution in [2.45, 2.75) is 86.1 Å². The van der Waals surface area contributed by atoms with Gasteiger partial charge in [0.15, 0.2) is 6.10 Å². The van der Waals surface area contributed by atoms with Crippen molar-refractivity contribution < 1.29 is 34.1 Å². The molecule has 5 atom stereocenters. The molecule has 0 bridgehead atoms. The molecule has 0 rings (SSSR count). The molecule has 32 heavy (non-hydrogen) atoms. The lowest BCUT2D eigenvalue weighted by atomic mass is 9.96. The summed E-state index contributed by atoms with van der Waals surface area (Å²) >= 11 is 0. The fourth-order valence-corrected chi connectivity index (χ4v) is 3.53. The van der Waals surface area contributed by atoms with Gasteiger partial charge in [0.05, 0.1) is 0 Å². The van der Waals surface area contributed by atoms with E-state index in [4.69, 9.17) is 4.74 Å². The summed E-state index contributed by atoms with van der Waals surface area (Å²) in [5.74, 6) is -4.51. The van der Waals surface area contributed by atoms with Crippen molar-refractivity contribution in [1.29, 1.82) is 0 Å². The highest BCUT2D eigenvalue weighted by atomic mass is 16.6. The minimum absolute atomic E-state index is 0.293. The molecule has 0 heterocycles. The number of ether oxygens (including phenoxy) is 1. The second kappa shape index (κ2) is 12.8. The SMILES string of the molecule is CCC(C)[C@H](C(=O)O[C@@H](C(=O)N(C)[C@H](C(=O)O)C(C)C)C(C)C)N(C)C(=O)[C@H](O)C(C)C. The van der Waals surface area contributed by atoms with Gasteiger partial charge in [-0.2, -0.15) is 0 Å². The highest BCUT2D eigenvalue weighted by Gasteiger charge is 2.40. The molecule has 0 aliphatic carbocycles. The van der Waals surface area contributed by atoms with Gasteiger partial charge >= 0.3 is 11.9 Å². The number of carbonyl (C=O) groups is 4. The zero-order valence-corrected chi connectivity index (χ0v) is 21.2. The van der Waals surface area contributed by atoms with Gasteiger partial charge in [-0.15, -0.1) is 0 Å². The van der Waals surface area contributed by atoms with Crippen LogP contribution in [-0.4, -0.2) is 82.2 Å². The number of carboxylic acid groups (broad SMARTS) is 1. The summed E-state index contributed by atoms with van der Waals surface area (Å²) in [6.45, 7) is 13.8. The Morgan fingerprint density at radius 1 is 0.781 bits per heavy atom. The van der Waals surface area contributed by atoms with Gasteiger partial charge in [0.1, 0.15) is 18.2 Å². The molecule has 0 aliphatic heterocycles. The number of aliphatic carboxylic acids is 1. The van der Waals surface area contributed by atoms with Gasteiger partial charge in [0.25, 0.3) is 11.8 Å². The molecule has 0 radical (unpaired) electrons. The number of hydrogen-bond donors (Lipinski definition) is 2. The molecule has 0 saturated carbocycles. The first kappa shape index (κ1) is 29.8. The number of likely N-dealkylation sites (N-methyl/N-ethyl adjacent to an activating group) is 2. The van der Waals surface area contributed by atoms with E-state index in [1.807, 2.05) is 6.92 Å². The molecular formula is C23H42N2O7. The predicted molar refractivity (Wildman–Crippen MR) is 121 cm³/mol. The molecule has 9 nitrogen and oxygen atoms in total. The molecular weight excluding hydrogens is 416 g/mol. The number of aliphatic hydroxyl groups excluding tert-OH is 1. The smallest absolute Gasteiger partial charge is 0.329 e. The Morgan fingerprint density at radius 2 is 1.25 bits per heavy atom. The Kier molecular flexibility index (Phi) is 11.9. The Bertz CT molecular complexity index is 663. The van der Waals surface area contributed by atoms with E-state index in [1.165, 1.54) is 19.0 Å². The van der Waals surface area contributed by atoms with Crippen LogP contribution in [0.2, 0.25) is 0 Å². The van der Waals surface area contributed by atoms with E-state index in [9.17, 15) is 29.4 Å². The van der Waals surface area contributed by atoms with Crippen LogP contribution < -0.4 is 0 Å². The summed E-state index contributed by atoms with van der Waals surface area (Å²) in [5, 5.41) is 19.7. The molecule has 0 aromatic carbocycles. The van der Waals surface area contributed by atoms with Crippen LogP contribution in [0.25, 0.3) is 0 Å². The van der Waals surface area contributed by atoms with Crippen molar-refractivity contribution in [1.82, 2.24) is 9.80 Å². The third-order valence-electron chi connectivity index (χ3n) is 5.82. The lowest BCUT2D eigenvalue weighted by molar-refractivity contribution is -0.173.